The molecule has 92 valence electrons. The maximum absolute atomic E-state index is 5.68. The third-order valence-corrected chi connectivity index (χ3v) is 2.76. The zero-order valence-electron chi connectivity index (χ0n) is 10.1. The van der Waals surface area contributed by atoms with Crippen LogP contribution in [0.1, 0.15) is 18.9 Å². The molecule has 0 fully saturated rings. The van der Waals surface area contributed by atoms with Gasteiger partial charge in [-0.25, -0.2) is 4.98 Å². The van der Waals surface area contributed by atoms with E-state index in [1.54, 1.807) is 0 Å². The van der Waals surface area contributed by atoms with Gasteiger partial charge in [0.15, 0.2) is 12.0 Å². The van der Waals surface area contributed by atoms with Crippen LogP contribution in [0.5, 0.6) is 0 Å². The van der Waals surface area contributed by atoms with E-state index in [4.69, 9.17) is 10.2 Å². The first-order valence-corrected chi connectivity index (χ1v) is 6.04. The predicted molar refractivity (Wildman–Crippen MR) is 68.8 cm³/mol. The second-order valence-electron chi connectivity index (χ2n) is 4.42. The van der Waals surface area contributed by atoms with Crippen LogP contribution >= 0.6 is 0 Å². The third-order valence-electron chi connectivity index (χ3n) is 2.76. The Hall–Kier alpha value is -1.39. The summed E-state index contributed by atoms with van der Waals surface area (Å²) in [5, 5.41) is 3.38. The predicted octanol–water partition coefficient (Wildman–Crippen LogP) is 1.70. The van der Waals surface area contributed by atoms with Crippen molar-refractivity contribution in [3.8, 4) is 0 Å². The number of fused-ring (bicyclic) bond motifs is 1. The van der Waals surface area contributed by atoms with Crippen LogP contribution in [-0.2, 0) is 6.42 Å². The Kier molecular flexibility index (Phi) is 4.12. The van der Waals surface area contributed by atoms with Gasteiger partial charge in [0.1, 0.15) is 5.52 Å². The fraction of sp³-hybridized carbons (Fsp3) is 0.462. The van der Waals surface area contributed by atoms with E-state index in [0.29, 0.717) is 0 Å². The van der Waals surface area contributed by atoms with Crippen molar-refractivity contribution in [3.05, 3.63) is 30.2 Å². The molecule has 1 aromatic carbocycles. The third kappa shape index (κ3) is 3.54. The molecular formula is C13H19N3O. The zero-order chi connectivity index (χ0) is 12.1. The van der Waals surface area contributed by atoms with E-state index in [1.807, 2.05) is 13.0 Å². The molecule has 0 saturated heterocycles. The Labute approximate surface area is 101 Å². The Morgan fingerprint density at radius 2 is 2.29 bits per heavy atom. The highest BCUT2D eigenvalue weighted by molar-refractivity contribution is 5.72. The number of benzene rings is 1. The maximum atomic E-state index is 5.68. The molecular weight excluding hydrogens is 214 g/mol. The van der Waals surface area contributed by atoms with Gasteiger partial charge in [0.25, 0.3) is 0 Å². The topological polar surface area (TPSA) is 64.1 Å². The molecule has 4 nitrogen and oxygen atoms in total. The summed E-state index contributed by atoms with van der Waals surface area (Å²) < 4.78 is 5.27. The van der Waals surface area contributed by atoms with Crippen LogP contribution in [0.3, 0.4) is 0 Å². The van der Waals surface area contributed by atoms with E-state index in [2.05, 4.69) is 22.4 Å². The SMILES string of the molecule is CC(N)CCNCCc1ccc2ncoc2c1. The number of hydrogen-bond acceptors (Lipinski definition) is 4. The summed E-state index contributed by atoms with van der Waals surface area (Å²) in [6, 6.07) is 6.41. The van der Waals surface area contributed by atoms with Crippen LogP contribution in [0.15, 0.2) is 29.0 Å². The van der Waals surface area contributed by atoms with Gasteiger partial charge in [-0.1, -0.05) is 6.07 Å². The number of nitrogens with two attached hydrogens (primary N) is 1. The minimum Gasteiger partial charge on any atom is -0.443 e. The summed E-state index contributed by atoms with van der Waals surface area (Å²) in [4.78, 5) is 4.09. The molecule has 0 radical (unpaired) electrons. The van der Waals surface area contributed by atoms with Crippen LogP contribution in [0.25, 0.3) is 11.1 Å². The van der Waals surface area contributed by atoms with E-state index in [0.717, 1.165) is 37.0 Å². The zero-order valence-corrected chi connectivity index (χ0v) is 10.1. The van der Waals surface area contributed by atoms with Crippen molar-refractivity contribution in [2.45, 2.75) is 25.8 Å². The van der Waals surface area contributed by atoms with Crippen molar-refractivity contribution < 1.29 is 4.42 Å². The largest absolute Gasteiger partial charge is 0.443 e. The Balaban J connectivity index is 1.78. The summed E-state index contributed by atoms with van der Waals surface area (Å²) in [6.45, 7) is 3.97. The van der Waals surface area contributed by atoms with E-state index < -0.39 is 0 Å². The number of nitrogens with one attached hydrogen (secondary N) is 1. The van der Waals surface area contributed by atoms with E-state index in [-0.39, 0.29) is 6.04 Å². The van der Waals surface area contributed by atoms with Crippen molar-refractivity contribution in [2.24, 2.45) is 5.73 Å². The highest BCUT2D eigenvalue weighted by atomic mass is 16.3. The maximum Gasteiger partial charge on any atom is 0.181 e. The summed E-state index contributed by atoms with van der Waals surface area (Å²) >= 11 is 0. The molecule has 0 aliphatic heterocycles. The van der Waals surface area contributed by atoms with Gasteiger partial charge in [-0.2, -0.15) is 0 Å². The minimum atomic E-state index is 0.271. The number of rotatable bonds is 6. The lowest BCUT2D eigenvalue weighted by Gasteiger charge is -2.06. The molecule has 4 heteroatoms. The Bertz CT molecular complexity index is 464. The Morgan fingerprint density at radius 3 is 3.12 bits per heavy atom. The van der Waals surface area contributed by atoms with Crippen LogP contribution in [-0.4, -0.2) is 24.1 Å². The molecule has 0 spiro atoms. The average molecular weight is 233 g/mol. The molecule has 2 rings (SSSR count). The first-order chi connectivity index (χ1) is 8.25. The first kappa shape index (κ1) is 12.1. The van der Waals surface area contributed by atoms with Gasteiger partial charge >= 0.3 is 0 Å². The molecule has 3 N–H and O–H groups in total. The molecule has 0 amide bonds. The molecule has 0 aliphatic carbocycles. The quantitative estimate of drug-likeness (QED) is 0.745. The molecule has 0 aliphatic rings. The van der Waals surface area contributed by atoms with E-state index >= 15 is 0 Å². The molecule has 2 aromatic rings. The van der Waals surface area contributed by atoms with Crippen LogP contribution in [0, 0.1) is 0 Å². The van der Waals surface area contributed by atoms with Crippen LogP contribution in [0.2, 0.25) is 0 Å². The average Bonchev–Trinajstić information content (AvgIpc) is 2.75. The second kappa shape index (κ2) is 5.80. The number of nitrogens with zero attached hydrogens (tertiary/aromatic N) is 1. The summed E-state index contributed by atoms with van der Waals surface area (Å²) in [6.07, 6.45) is 3.49. The van der Waals surface area contributed by atoms with Gasteiger partial charge in [0.2, 0.25) is 0 Å². The van der Waals surface area contributed by atoms with Crippen molar-refractivity contribution >= 4 is 11.1 Å². The minimum absolute atomic E-state index is 0.271. The number of oxazole rings is 1. The normalized spacial score (nSPS) is 13.1. The highest BCUT2D eigenvalue weighted by Crippen LogP contribution is 2.14. The molecule has 17 heavy (non-hydrogen) atoms. The van der Waals surface area contributed by atoms with Crippen molar-refractivity contribution in [2.75, 3.05) is 13.1 Å². The summed E-state index contributed by atoms with van der Waals surface area (Å²) in [5.41, 5.74) is 8.72. The van der Waals surface area contributed by atoms with Crippen LogP contribution < -0.4 is 11.1 Å². The molecule has 1 unspecified atom stereocenters. The lowest BCUT2D eigenvalue weighted by atomic mass is 10.1. The lowest BCUT2D eigenvalue weighted by Crippen LogP contribution is -2.25. The summed E-state index contributed by atoms with van der Waals surface area (Å²) in [7, 11) is 0. The van der Waals surface area contributed by atoms with Crippen molar-refractivity contribution in [1.29, 1.82) is 0 Å². The second-order valence-corrected chi connectivity index (χ2v) is 4.42. The van der Waals surface area contributed by atoms with Gasteiger partial charge in [-0.05, 0) is 50.6 Å². The molecule has 1 atom stereocenters. The van der Waals surface area contributed by atoms with Crippen LogP contribution in [0.4, 0.5) is 0 Å². The van der Waals surface area contributed by atoms with Gasteiger partial charge in [-0.15, -0.1) is 0 Å². The fourth-order valence-corrected chi connectivity index (χ4v) is 1.74. The molecule has 1 heterocycles. The smallest absolute Gasteiger partial charge is 0.181 e. The van der Waals surface area contributed by atoms with Crippen molar-refractivity contribution in [1.82, 2.24) is 10.3 Å². The fourth-order valence-electron chi connectivity index (χ4n) is 1.74. The van der Waals surface area contributed by atoms with Gasteiger partial charge in [0, 0.05) is 6.04 Å². The molecule has 0 saturated carbocycles. The van der Waals surface area contributed by atoms with E-state index in [9.17, 15) is 0 Å². The Morgan fingerprint density at radius 1 is 1.41 bits per heavy atom. The van der Waals surface area contributed by atoms with Crippen molar-refractivity contribution in [3.63, 3.8) is 0 Å². The van der Waals surface area contributed by atoms with Gasteiger partial charge in [-0.3, -0.25) is 0 Å². The first-order valence-electron chi connectivity index (χ1n) is 6.04. The molecule has 1 aromatic heterocycles. The number of aromatic nitrogens is 1. The standard InChI is InChI=1S/C13H19N3O/c1-10(14)4-6-15-7-5-11-2-3-12-13(8-11)17-9-16-12/h2-3,8-10,15H,4-7,14H2,1H3. The van der Waals surface area contributed by atoms with Gasteiger partial charge in [0.05, 0.1) is 0 Å². The highest BCUT2D eigenvalue weighted by Gasteiger charge is 2.00. The summed E-state index contributed by atoms with van der Waals surface area (Å²) in [5.74, 6) is 0. The molecule has 0 bridgehead atoms. The monoisotopic (exact) mass is 233 g/mol. The van der Waals surface area contributed by atoms with E-state index in [1.165, 1.54) is 12.0 Å². The van der Waals surface area contributed by atoms with Gasteiger partial charge < -0.3 is 15.5 Å². The lowest BCUT2D eigenvalue weighted by molar-refractivity contribution is 0.588. The number of hydrogen-bond donors (Lipinski definition) is 2.